The Kier molecular flexibility index (Phi) is 4.74. The largest absolute Gasteiger partial charge is 0.496 e. The Morgan fingerprint density at radius 2 is 1.90 bits per heavy atom. The molecule has 0 fully saturated rings. The van der Waals surface area contributed by atoms with Crippen LogP contribution in [0.1, 0.15) is 28.3 Å². The summed E-state index contributed by atoms with van der Waals surface area (Å²) in [4.78, 5) is 4.51. The quantitative estimate of drug-likeness (QED) is 0.909. The number of rotatable bonds is 5. The predicted molar refractivity (Wildman–Crippen MR) is 80.2 cm³/mol. The van der Waals surface area contributed by atoms with Gasteiger partial charge in [0.2, 0.25) is 0 Å². The molecule has 3 heteroatoms. The van der Waals surface area contributed by atoms with E-state index in [0.29, 0.717) is 6.42 Å². The number of pyridine rings is 1. The van der Waals surface area contributed by atoms with Crippen molar-refractivity contribution in [1.29, 1.82) is 0 Å². The van der Waals surface area contributed by atoms with E-state index in [1.165, 1.54) is 0 Å². The first-order valence-corrected chi connectivity index (χ1v) is 6.82. The van der Waals surface area contributed by atoms with Gasteiger partial charge in [0.05, 0.1) is 13.7 Å². The third kappa shape index (κ3) is 2.99. The normalized spacial score (nSPS) is 12.2. The molecule has 1 heterocycles. The Morgan fingerprint density at radius 1 is 1.20 bits per heavy atom. The molecule has 106 valence electrons. The average Bonchev–Trinajstić information content (AvgIpc) is 2.48. The second kappa shape index (κ2) is 6.53. The van der Waals surface area contributed by atoms with Gasteiger partial charge < -0.3 is 9.84 Å². The Labute approximate surface area is 120 Å². The maximum Gasteiger partial charge on any atom is 0.128 e. The zero-order chi connectivity index (χ0) is 14.5. The highest BCUT2D eigenvalue weighted by Crippen LogP contribution is 2.27. The molecule has 0 spiro atoms. The average molecular weight is 271 g/mol. The molecule has 3 nitrogen and oxygen atoms in total. The summed E-state index contributed by atoms with van der Waals surface area (Å²) in [7, 11) is 1.68. The number of aryl methyl sites for hydroxylation is 1. The minimum absolute atomic E-state index is 0.0646. The molecule has 2 rings (SSSR count). The van der Waals surface area contributed by atoms with Gasteiger partial charge in [0, 0.05) is 28.9 Å². The van der Waals surface area contributed by atoms with Gasteiger partial charge in [-0.15, -0.1) is 0 Å². The number of aliphatic hydroxyl groups excluding tert-OH is 1. The molecule has 1 unspecified atom stereocenters. The van der Waals surface area contributed by atoms with Crippen molar-refractivity contribution in [2.24, 2.45) is 0 Å². The lowest BCUT2D eigenvalue weighted by Crippen LogP contribution is -2.10. The number of hydrogen-bond acceptors (Lipinski definition) is 3. The van der Waals surface area contributed by atoms with Crippen molar-refractivity contribution in [3.63, 3.8) is 0 Å². The second-order valence-corrected chi connectivity index (χ2v) is 5.04. The Morgan fingerprint density at radius 3 is 2.50 bits per heavy atom. The summed E-state index contributed by atoms with van der Waals surface area (Å²) >= 11 is 0. The molecule has 1 aromatic carbocycles. The van der Waals surface area contributed by atoms with E-state index in [1.54, 1.807) is 7.11 Å². The van der Waals surface area contributed by atoms with Gasteiger partial charge >= 0.3 is 0 Å². The molecular weight excluding hydrogens is 250 g/mol. The number of aliphatic hydroxyl groups is 1. The van der Waals surface area contributed by atoms with E-state index >= 15 is 0 Å². The van der Waals surface area contributed by atoms with Crippen molar-refractivity contribution in [1.82, 2.24) is 4.98 Å². The van der Waals surface area contributed by atoms with Crippen molar-refractivity contribution < 1.29 is 9.84 Å². The van der Waals surface area contributed by atoms with Crippen LogP contribution in [0.2, 0.25) is 0 Å². The topological polar surface area (TPSA) is 42.4 Å². The fourth-order valence-corrected chi connectivity index (χ4v) is 2.52. The molecule has 0 bridgehead atoms. The zero-order valence-corrected chi connectivity index (χ0v) is 12.3. The molecule has 20 heavy (non-hydrogen) atoms. The lowest BCUT2D eigenvalue weighted by Gasteiger charge is -2.17. The third-order valence-electron chi connectivity index (χ3n) is 3.68. The van der Waals surface area contributed by atoms with Crippen molar-refractivity contribution in [3.05, 3.63) is 58.9 Å². The Balaban J connectivity index is 2.29. The predicted octanol–water partition coefficient (Wildman–Crippen LogP) is 3.03. The highest BCUT2D eigenvalue weighted by molar-refractivity contribution is 5.41. The molecule has 0 aliphatic rings. The van der Waals surface area contributed by atoms with Crippen LogP contribution in [0.25, 0.3) is 0 Å². The van der Waals surface area contributed by atoms with Crippen molar-refractivity contribution >= 4 is 0 Å². The fourth-order valence-electron chi connectivity index (χ4n) is 2.52. The van der Waals surface area contributed by atoms with E-state index in [1.807, 2.05) is 50.4 Å². The molecule has 2 aromatic rings. The zero-order valence-electron chi connectivity index (χ0n) is 12.3. The van der Waals surface area contributed by atoms with Crippen LogP contribution in [-0.2, 0) is 6.42 Å². The van der Waals surface area contributed by atoms with Crippen LogP contribution < -0.4 is 4.74 Å². The lowest BCUT2D eigenvalue weighted by molar-refractivity contribution is 0.263. The summed E-state index contributed by atoms with van der Waals surface area (Å²) in [5, 5.41) is 9.65. The van der Waals surface area contributed by atoms with Gasteiger partial charge in [-0.05, 0) is 25.8 Å². The van der Waals surface area contributed by atoms with E-state index in [4.69, 9.17) is 4.74 Å². The highest BCUT2D eigenvalue weighted by atomic mass is 16.5. The summed E-state index contributed by atoms with van der Waals surface area (Å²) in [5.74, 6) is 0.953. The Hall–Kier alpha value is -1.87. The lowest BCUT2D eigenvalue weighted by atomic mass is 9.93. The van der Waals surface area contributed by atoms with E-state index in [9.17, 15) is 5.11 Å². The van der Waals surface area contributed by atoms with E-state index < -0.39 is 0 Å². The highest BCUT2D eigenvalue weighted by Gasteiger charge is 2.16. The maximum absolute atomic E-state index is 9.65. The number of benzene rings is 1. The minimum atomic E-state index is 0.0646. The van der Waals surface area contributed by atoms with E-state index in [-0.39, 0.29) is 12.5 Å². The summed E-state index contributed by atoms with van der Waals surface area (Å²) in [5.41, 5.74) is 4.21. The molecule has 0 amide bonds. The molecule has 0 radical (unpaired) electrons. The first-order valence-electron chi connectivity index (χ1n) is 6.82. The van der Waals surface area contributed by atoms with Crippen LogP contribution in [0.15, 0.2) is 36.5 Å². The van der Waals surface area contributed by atoms with Crippen LogP contribution >= 0.6 is 0 Å². The van der Waals surface area contributed by atoms with Crippen molar-refractivity contribution in [3.8, 4) is 5.75 Å². The SMILES string of the molecule is COc1c(C)cnc(CC(CO)c2ccccc2)c1C. The van der Waals surface area contributed by atoms with Crippen molar-refractivity contribution in [2.75, 3.05) is 13.7 Å². The van der Waals surface area contributed by atoms with Gasteiger partial charge in [0.25, 0.3) is 0 Å². The smallest absolute Gasteiger partial charge is 0.128 e. The number of hydrogen-bond donors (Lipinski definition) is 1. The van der Waals surface area contributed by atoms with Crippen LogP contribution in [0.5, 0.6) is 5.75 Å². The number of methoxy groups -OCH3 is 1. The molecule has 1 atom stereocenters. The monoisotopic (exact) mass is 271 g/mol. The van der Waals surface area contributed by atoms with Crippen LogP contribution in [0.3, 0.4) is 0 Å². The summed E-state index contributed by atoms with van der Waals surface area (Å²) in [6.07, 6.45) is 2.55. The molecule has 1 N–H and O–H groups in total. The van der Waals surface area contributed by atoms with Gasteiger partial charge in [-0.2, -0.15) is 0 Å². The van der Waals surface area contributed by atoms with E-state index in [0.717, 1.165) is 28.1 Å². The molecule has 0 aliphatic heterocycles. The molecule has 0 saturated carbocycles. The minimum Gasteiger partial charge on any atom is -0.496 e. The summed E-state index contributed by atoms with van der Waals surface area (Å²) in [6, 6.07) is 10.1. The Bertz CT molecular complexity index is 567. The molecule has 1 aromatic heterocycles. The summed E-state index contributed by atoms with van der Waals surface area (Å²) in [6.45, 7) is 4.12. The summed E-state index contributed by atoms with van der Waals surface area (Å²) < 4.78 is 5.43. The second-order valence-electron chi connectivity index (χ2n) is 5.04. The molecule has 0 saturated heterocycles. The maximum atomic E-state index is 9.65. The van der Waals surface area contributed by atoms with Gasteiger partial charge in [-0.1, -0.05) is 30.3 Å². The standard InChI is InChI=1S/C17H21NO2/c1-12-10-18-16(13(2)17(12)20-3)9-15(11-19)14-7-5-4-6-8-14/h4-8,10,15,19H,9,11H2,1-3H3. The van der Waals surface area contributed by atoms with Gasteiger partial charge in [-0.25, -0.2) is 0 Å². The van der Waals surface area contributed by atoms with Crippen LogP contribution in [0, 0.1) is 13.8 Å². The fraction of sp³-hybridized carbons (Fsp3) is 0.353. The van der Waals surface area contributed by atoms with Crippen LogP contribution in [0.4, 0.5) is 0 Å². The molecular formula is C17H21NO2. The van der Waals surface area contributed by atoms with Crippen molar-refractivity contribution in [2.45, 2.75) is 26.2 Å². The number of aromatic nitrogens is 1. The van der Waals surface area contributed by atoms with Gasteiger partial charge in [-0.3, -0.25) is 4.98 Å². The molecule has 0 aliphatic carbocycles. The third-order valence-corrected chi connectivity index (χ3v) is 3.68. The van der Waals surface area contributed by atoms with Gasteiger partial charge in [0.15, 0.2) is 0 Å². The first kappa shape index (κ1) is 14.5. The van der Waals surface area contributed by atoms with Crippen LogP contribution in [-0.4, -0.2) is 23.8 Å². The number of ether oxygens (including phenoxy) is 1. The number of nitrogens with zero attached hydrogens (tertiary/aromatic N) is 1. The first-order chi connectivity index (χ1) is 9.67. The van der Waals surface area contributed by atoms with E-state index in [2.05, 4.69) is 4.98 Å². The van der Waals surface area contributed by atoms with Gasteiger partial charge in [0.1, 0.15) is 5.75 Å².